The van der Waals surface area contributed by atoms with Crippen LogP contribution in [-0.4, -0.2) is 31.9 Å². The van der Waals surface area contributed by atoms with Crippen LogP contribution >= 0.6 is 0 Å². The summed E-state index contributed by atoms with van der Waals surface area (Å²) in [6.45, 7) is 2.26. The number of fused-ring (bicyclic) bond motifs is 1. The summed E-state index contributed by atoms with van der Waals surface area (Å²) in [5.74, 6) is -7.64. The molecule has 0 spiro atoms. The lowest BCUT2D eigenvalue weighted by Gasteiger charge is -2.26. The minimum Gasteiger partial charge on any atom is -0.419 e. The summed E-state index contributed by atoms with van der Waals surface area (Å²) in [4.78, 5) is 14.0. The third-order valence-electron chi connectivity index (χ3n) is 6.84. The number of nitrogens with two attached hydrogens (primary N) is 1. The molecule has 0 fully saturated rings. The fraction of sp³-hybridized carbons (Fsp3) is 0.296. The van der Waals surface area contributed by atoms with Gasteiger partial charge in [-0.25, -0.2) is 22.2 Å². The van der Waals surface area contributed by atoms with Crippen molar-refractivity contribution in [2.75, 3.05) is 4.90 Å². The highest BCUT2D eigenvalue weighted by atomic mass is 19.4. The Balaban J connectivity index is 1.57. The molecule has 1 amide bonds. The molecule has 2 N–H and O–H groups in total. The predicted molar refractivity (Wildman–Crippen MR) is 135 cm³/mol. The zero-order valence-electron chi connectivity index (χ0n) is 22.3. The molecule has 5 rings (SSSR count). The van der Waals surface area contributed by atoms with E-state index in [1.165, 1.54) is 19.9 Å². The summed E-state index contributed by atoms with van der Waals surface area (Å²) < 4.78 is 106. The molecule has 4 aromatic rings. The molecular formula is C27H20F7N7O2. The molecule has 1 aliphatic rings. The van der Waals surface area contributed by atoms with Crippen molar-refractivity contribution in [2.24, 2.45) is 5.73 Å². The first-order valence-electron chi connectivity index (χ1n) is 12.5. The Morgan fingerprint density at radius 3 is 2.49 bits per heavy atom. The SMILES string of the molecule is CC(C)(C#N)c1nnc(-c2cc3c(cc2F)C(F)(F)CC(N)C(=O)N3Cc2ccc(-n3cc(C(F)(F)F)cn3)cc2F)o1. The van der Waals surface area contributed by atoms with E-state index in [1.54, 1.807) is 0 Å². The van der Waals surface area contributed by atoms with Gasteiger partial charge in [-0.05, 0) is 38.1 Å². The summed E-state index contributed by atoms with van der Waals surface area (Å²) in [7, 11) is 0. The molecule has 0 radical (unpaired) electrons. The van der Waals surface area contributed by atoms with E-state index in [9.17, 15) is 23.2 Å². The molecule has 2 aromatic heterocycles. The maximum Gasteiger partial charge on any atom is 0.419 e. The van der Waals surface area contributed by atoms with Gasteiger partial charge in [-0.15, -0.1) is 10.2 Å². The highest BCUT2D eigenvalue weighted by Gasteiger charge is 2.45. The van der Waals surface area contributed by atoms with Gasteiger partial charge in [0.15, 0.2) is 0 Å². The first-order chi connectivity index (χ1) is 20.0. The normalized spacial score (nSPS) is 17.0. The third-order valence-corrected chi connectivity index (χ3v) is 6.84. The highest BCUT2D eigenvalue weighted by molar-refractivity contribution is 5.99. The van der Waals surface area contributed by atoms with E-state index in [0.717, 1.165) is 27.8 Å². The lowest BCUT2D eigenvalue weighted by atomic mass is 9.96. The molecule has 0 aliphatic carbocycles. The number of benzene rings is 2. The van der Waals surface area contributed by atoms with Crippen LogP contribution in [0.4, 0.5) is 36.4 Å². The van der Waals surface area contributed by atoms with Crippen molar-refractivity contribution in [3.63, 3.8) is 0 Å². The lowest BCUT2D eigenvalue weighted by molar-refractivity contribution is -0.137. The van der Waals surface area contributed by atoms with E-state index in [-0.39, 0.29) is 17.1 Å². The predicted octanol–water partition coefficient (Wildman–Crippen LogP) is 5.38. The van der Waals surface area contributed by atoms with Gasteiger partial charge in [0.25, 0.3) is 11.8 Å². The largest absolute Gasteiger partial charge is 0.419 e. The van der Waals surface area contributed by atoms with Crippen molar-refractivity contribution >= 4 is 11.6 Å². The van der Waals surface area contributed by atoms with Gasteiger partial charge >= 0.3 is 6.18 Å². The number of nitrogens with zero attached hydrogens (tertiary/aromatic N) is 6. The van der Waals surface area contributed by atoms with Crippen molar-refractivity contribution in [3.05, 3.63) is 76.9 Å². The molecule has 9 nitrogen and oxygen atoms in total. The smallest absolute Gasteiger partial charge is 0.419 e. The van der Waals surface area contributed by atoms with Crippen LogP contribution in [0.25, 0.3) is 17.1 Å². The molecular weight excluding hydrogens is 587 g/mol. The first-order valence-corrected chi connectivity index (χ1v) is 12.5. The fourth-order valence-electron chi connectivity index (χ4n) is 4.42. The second kappa shape index (κ2) is 10.2. The Bertz CT molecular complexity index is 1770. The third kappa shape index (κ3) is 5.43. The molecule has 1 unspecified atom stereocenters. The van der Waals surface area contributed by atoms with Crippen molar-refractivity contribution in [3.8, 4) is 23.2 Å². The van der Waals surface area contributed by atoms with Gasteiger partial charge in [0.2, 0.25) is 11.8 Å². The Labute approximate surface area is 238 Å². The highest BCUT2D eigenvalue weighted by Crippen LogP contribution is 2.45. The fourth-order valence-corrected chi connectivity index (χ4v) is 4.42. The molecule has 0 saturated heterocycles. The number of carbonyl (C=O) groups excluding carboxylic acids is 1. The molecule has 16 heteroatoms. The monoisotopic (exact) mass is 607 g/mol. The summed E-state index contributed by atoms with van der Waals surface area (Å²) in [6.07, 6.45) is -4.63. The van der Waals surface area contributed by atoms with Crippen LogP contribution in [0.15, 0.2) is 47.1 Å². The Hall–Kier alpha value is -4.78. The number of aromatic nitrogens is 4. The van der Waals surface area contributed by atoms with Crippen molar-refractivity contribution in [1.29, 1.82) is 5.26 Å². The van der Waals surface area contributed by atoms with E-state index in [2.05, 4.69) is 15.3 Å². The molecule has 43 heavy (non-hydrogen) atoms. The second-order valence-electron chi connectivity index (χ2n) is 10.4. The van der Waals surface area contributed by atoms with E-state index in [4.69, 9.17) is 10.2 Å². The summed E-state index contributed by atoms with van der Waals surface area (Å²) in [5.41, 5.74) is 1.27. The number of amides is 1. The Morgan fingerprint density at radius 2 is 1.86 bits per heavy atom. The van der Waals surface area contributed by atoms with E-state index >= 15 is 17.6 Å². The van der Waals surface area contributed by atoms with Gasteiger partial charge in [0.1, 0.15) is 17.0 Å². The second-order valence-corrected chi connectivity index (χ2v) is 10.4. The van der Waals surface area contributed by atoms with E-state index < -0.39 is 82.3 Å². The van der Waals surface area contributed by atoms with Crippen LogP contribution in [0.2, 0.25) is 0 Å². The number of carbonyl (C=O) groups is 1. The summed E-state index contributed by atoms with van der Waals surface area (Å²) in [5, 5.41) is 20.4. The van der Waals surface area contributed by atoms with Crippen LogP contribution < -0.4 is 10.6 Å². The van der Waals surface area contributed by atoms with Gasteiger partial charge in [0.05, 0.1) is 47.4 Å². The zero-order valence-corrected chi connectivity index (χ0v) is 22.3. The first kappa shape index (κ1) is 29.7. The van der Waals surface area contributed by atoms with Crippen LogP contribution in [0.1, 0.15) is 42.8 Å². The Kier molecular flexibility index (Phi) is 7.04. The average molecular weight is 607 g/mol. The van der Waals surface area contributed by atoms with E-state index in [0.29, 0.717) is 18.5 Å². The minimum absolute atomic E-state index is 0.0839. The van der Waals surface area contributed by atoms with Gasteiger partial charge in [0, 0.05) is 23.7 Å². The molecule has 3 heterocycles. The number of rotatable bonds is 5. The molecule has 2 aromatic carbocycles. The van der Waals surface area contributed by atoms with Gasteiger partial charge in [-0.2, -0.15) is 23.5 Å². The molecule has 224 valence electrons. The van der Waals surface area contributed by atoms with Crippen LogP contribution in [0.5, 0.6) is 0 Å². The number of halogens is 7. The minimum atomic E-state index is -4.68. The Morgan fingerprint density at radius 1 is 1.14 bits per heavy atom. The van der Waals surface area contributed by atoms with Crippen LogP contribution in [0.3, 0.4) is 0 Å². The zero-order chi connectivity index (χ0) is 31.5. The quantitative estimate of drug-likeness (QED) is 0.302. The maximum atomic E-state index is 15.2. The van der Waals surface area contributed by atoms with Gasteiger partial charge in [-0.1, -0.05) is 6.07 Å². The van der Waals surface area contributed by atoms with E-state index in [1.807, 2.05) is 6.07 Å². The number of nitriles is 1. The molecule has 1 aliphatic heterocycles. The van der Waals surface area contributed by atoms with Crippen molar-refractivity contribution < 1.29 is 39.9 Å². The van der Waals surface area contributed by atoms with Crippen LogP contribution in [-0.2, 0) is 28.9 Å². The number of alkyl halides is 5. The lowest BCUT2D eigenvalue weighted by Crippen LogP contribution is -2.43. The number of hydrogen-bond acceptors (Lipinski definition) is 7. The summed E-state index contributed by atoms with van der Waals surface area (Å²) >= 11 is 0. The molecule has 0 bridgehead atoms. The van der Waals surface area contributed by atoms with Crippen molar-refractivity contribution in [2.45, 2.75) is 50.4 Å². The number of hydrogen-bond donors (Lipinski definition) is 1. The van der Waals surface area contributed by atoms with Crippen molar-refractivity contribution in [1.82, 2.24) is 20.0 Å². The number of anilines is 1. The summed E-state index contributed by atoms with van der Waals surface area (Å²) in [6, 6.07) is 4.76. The average Bonchev–Trinajstić information content (AvgIpc) is 3.62. The molecule has 1 atom stereocenters. The molecule has 0 saturated carbocycles. The van der Waals surface area contributed by atoms with Crippen LogP contribution in [0, 0.1) is 23.0 Å². The van der Waals surface area contributed by atoms with Gasteiger partial charge < -0.3 is 15.1 Å². The standard InChI is InChI=1S/C27H20F7N7O2/c1-25(2,12-35)24-39-38-22(43-24)16-6-21-17(7-19(16)29)26(30,31)8-20(36)23(42)40(21)10-13-3-4-15(5-18(13)28)41-11-14(9-37-41)27(32,33)34/h3-7,9,11,20H,8,10,36H2,1-2H3. The maximum absolute atomic E-state index is 15.2. The van der Waals surface area contributed by atoms with Gasteiger partial charge in [-0.3, -0.25) is 4.79 Å². The topological polar surface area (TPSA) is 127 Å².